The fraction of sp³-hybridized carbons (Fsp3) is 0.524. The van der Waals surface area contributed by atoms with Crippen molar-refractivity contribution in [3.05, 3.63) is 46.3 Å². The number of Topliss-reactive ketones (excluding diaryl/α,β-unsaturated/α-hetero) is 2. The van der Waals surface area contributed by atoms with E-state index in [1.54, 1.807) is 24.3 Å². The van der Waals surface area contributed by atoms with Gasteiger partial charge in [0.15, 0.2) is 17.5 Å². The summed E-state index contributed by atoms with van der Waals surface area (Å²) in [4.78, 5) is 25.5. The Morgan fingerprint density at radius 3 is 2.15 bits per heavy atom. The van der Waals surface area contributed by atoms with Gasteiger partial charge in [-0.05, 0) is 80.5 Å². The first-order valence-corrected chi connectivity index (χ1v) is 10.0. The van der Waals surface area contributed by atoms with E-state index in [0.717, 1.165) is 19.3 Å². The summed E-state index contributed by atoms with van der Waals surface area (Å²) in [5.41, 5.74) is 0.0354. The zero-order valence-electron chi connectivity index (χ0n) is 14.9. The van der Waals surface area contributed by atoms with Gasteiger partial charge in [0.1, 0.15) is 5.76 Å². The molecule has 4 saturated carbocycles. The molecule has 0 saturated heterocycles. The van der Waals surface area contributed by atoms with Crippen molar-refractivity contribution < 1.29 is 14.7 Å². The second-order valence-corrected chi connectivity index (χ2v) is 9.18. The van der Waals surface area contributed by atoms with Gasteiger partial charge in [0.05, 0.1) is 0 Å². The molecule has 6 heteroatoms. The average Bonchev–Trinajstić information content (AvgIpc) is 3.01. The summed E-state index contributed by atoms with van der Waals surface area (Å²) >= 11 is 5.86. The molecule has 4 aliphatic carbocycles. The molecule has 0 radical (unpaired) electrons. The molecule has 1 atom stereocenters. The quantitative estimate of drug-likeness (QED) is 0.348. The number of aliphatic hydroxyl groups is 1. The second-order valence-electron chi connectivity index (χ2n) is 8.75. The molecule has 0 aromatic heterocycles. The van der Waals surface area contributed by atoms with Crippen molar-refractivity contribution in [2.24, 2.45) is 33.4 Å². The van der Waals surface area contributed by atoms with E-state index in [9.17, 15) is 14.7 Å². The van der Waals surface area contributed by atoms with Crippen molar-refractivity contribution in [2.45, 2.75) is 44.6 Å². The molecular weight excluding hydrogens is 364 g/mol. The Bertz CT molecular complexity index is 852. The predicted molar refractivity (Wildman–Crippen MR) is 99.7 cm³/mol. The largest absolute Gasteiger partial charge is 0.509 e. The molecule has 140 valence electrons. The summed E-state index contributed by atoms with van der Waals surface area (Å²) in [5.74, 6) is 1.11. The number of hydrogen-bond acceptors (Lipinski definition) is 5. The monoisotopic (exact) mass is 384 g/mol. The number of halogens is 1. The van der Waals surface area contributed by atoms with Crippen molar-refractivity contribution in [3.8, 4) is 0 Å². The van der Waals surface area contributed by atoms with E-state index in [1.807, 2.05) is 0 Å². The maximum absolute atomic E-state index is 12.9. The number of azo groups is 1. The Morgan fingerprint density at radius 2 is 1.59 bits per heavy atom. The number of rotatable bonds is 3. The average molecular weight is 385 g/mol. The molecule has 1 unspecified atom stereocenters. The van der Waals surface area contributed by atoms with Gasteiger partial charge in [-0.25, -0.2) is 0 Å². The summed E-state index contributed by atoms with van der Waals surface area (Å²) < 4.78 is 0. The van der Waals surface area contributed by atoms with Crippen LogP contribution in [0.2, 0.25) is 5.02 Å². The van der Waals surface area contributed by atoms with E-state index < -0.39 is 17.6 Å². The third kappa shape index (κ3) is 2.66. The first-order chi connectivity index (χ1) is 12.9. The summed E-state index contributed by atoms with van der Waals surface area (Å²) in [5, 5.41) is 19.5. The molecule has 5 aliphatic rings. The fourth-order valence-corrected chi connectivity index (χ4v) is 6.23. The Balaban J connectivity index is 1.43. The van der Waals surface area contributed by atoms with Crippen LogP contribution in [0.15, 0.2) is 46.0 Å². The van der Waals surface area contributed by atoms with E-state index in [0.29, 0.717) is 28.3 Å². The third-order valence-corrected chi connectivity index (χ3v) is 7.15. The number of benzene rings is 1. The minimum atomic E-state index is -1.20. The third-order valence-electron chi connectivity index (χ3n) is 6.90. The molecule has 1 N–H and O–H groups in total. The van der Waals surface area contributed by atoms with Gasteiger partial charge in [-0.1, -0.05) is 11.6 Å². The van der Waals surface area contributed by atoms with E-state index in [-0.39, 0.29) is 16.9 Å². The molecule has 27 heavy (non-hydrogen) atoms. The van der Waals surface area contributed by atoms with Gasteiger partial charge in [0, 0.05) is 16.0 Å². The van der Waals surface area contributed by atoms with E-state index >= 15 is 0 Å². The Labute approximate surface area is 162 Å². The van der Waals surface area contributed by atoms with Crippen molar-refractivity contribution >= 4 is 23.2 Å². The molecule has 4 fully saturated rings. The molecule has 4 bridgehead atoms. The Hall–Kier alpha value is -2.01. The van der Waals surface area contributed by atoms with Gasteiger partial charge < -0.3 is 5.11 Å². The SMILES string of the molecule is O=C1C(=C(O)C23CC4CC(CC(C4)C2)C3)N=NC1C(=O)c1ccc(Cl)cc1. The number of aliphatic hydroxyl groups excluding tert-OH is 1. The standard InChI is InChI=1S/C21H21ClN2O3/c22-15-3-1-14(2-4-15)18(25)16-19(26)17(24-23-16)20(27)21-8-11-5-12(9-21)7-13(6-11)10-21/h1-4,11-13,16,27H,5-10H2. The molecular formula is C21H21ClN2O3. The molecule has 0 amide bonds. The lowest BCUT2D eigenvalue weighted by Crippen LogP contribution is -2.47. The molecule has 1 aromatic carbocycles. The molecule has 1 aromatic rings. The summed E-state index contributed by atoms with van der Waals surface area (Å²) in [6, 6.07) is 5.17. The van der Waals surface area contributed by atoms with Crippen LogP contribution in [-0.2, 0) is 4.79 Å². The van der Waals surface area contributed by atoms with Crippen LogP contribution in [0.1, 0.15) is 48.9 Å². The van der Waals surface area contributed by atoms with E-state index in [4.69, 9.17) is 11.6 Å². The van der Waals surface area contributed by atoms with Crippen molar-refractivity contribution in [2.75, 3.05) is 0 Å². The highest BCUT2D eigenvalue weighted by Crippen LogP contribution is 2.62. The van der Waals surface area contributed by atoms with Crippen molar-refractivity contribution in [3.63, 3.8) is 0 Å². The van der Waals surface area contributed by atoms with Crippen LogP contribution < -0.4 is 0 Å². The first-order valence-electron chi connectivity index (χ1n) is 9.64. The fourth-order valence-electron chi connectivity index (χ4n) is 6.11. The van der Waals surface area contributed by atoms with E-state index in [2.05, 4.69) is 10.2 Å². The highest BCUT2D eigenvalue weighted by Gasteiger charge is 2.54. The first kappa shape index (κ1) is 17.1. The van der Waals surface area contributed by atoms with Gasteiger partial charge in [-0.2, -0.15) is 5.11 Å². The van der Waals surface area contributed by atoms with Crippen LogP contribution in [0, 0.1) is 23.2 Å². The molecule has 1 aliphatic heterocycles. The maximum atomic E-state index is 12.9. The van der Waals surface area contributed by atoms with Crippen molar-refractivity contribution in [1.82, 2.24) is 0 Å². The van der Waals surface area contributed by atoms with Gasteiger partial charge in [0.25, 0.3) is 0 Å². The van der Waals surface area contributed by atoms with Crippen LogP contribution in [0.25, 0.3) is 0 Å². The Morgan fingerprint density at radius 1 is 1.04 bits per heavy atom. The van der Waals surface area contributed by atoms with E-state index in [1.165, 1.54) is 19.3 Å². The predicted octanol–water partition coefficient (Wildman–Crippen LogP) is 4.91. The van der Waals surface area contributed by atoms with Gasteiger partial charge >= 0.3 is 0 Å². The highest BCUT2D eigenvalue weighted by molar-refractivity contribution is 6.30. The van der Waals surface area contributed by atoms with Crippen LogP contribution in [0.4, 0.5) is 0 Å². The zero-order valence-corrected chi connectivity index (χ0v) is 15.7. The number of allylic oxidation sites excluding steroid dienone is 1. The number of nitrogens with zero attached hydrogens (tertiary/aromatic N) is 2. The van der Waals surface area contributed by atoms with Gasteiger partial charge in [-0.3, -0.25) is 9.59 Å². The summed E-state index contributed by atoms with van der Waals surface area (Å²) in [6.07, 6.45) is 6.51. The smallest absolute Gasteiger partial charge is 0.220 e. The van der Waals surface area contributed by atoms with Crippen LogP contribution in [0.5, 0.6) is 0 Å². The molecule has 1 heterocycles. The van der Waals surface area contributed by atoms with Gasteiger partial charge in [-0.15, -0.1) is 5.11 Å². The topological polar surface area (TPSA) is 79.1 Å². The number of hydrogen-bond donors (Lipinski definition) is 1. The lowest BCUT2D eigenvalue weighted by atomic mass is 9.49. The number of ketones is 2. The number of carbonyl (C=O) groups is 2. The Kier molecular flexibility index (Phi) is 3.80. The highest BCUT2D eigenvalue weighted by atomic mass is 35.5. The summed E-state index contributed by atoms with van der Waals surface area (Å²) in [6.45, 7) is 0. The van der Waals surface area contributed by atoms with Gasteiger partial charge in [0.2, 0.25) is 5.78 Å². The zero-order chi connectivity index (χ0) is 18.8. The minimum absolute atomic E-state index is 0.00395. The normalized spacial score (nSPS) is 38.5. The molecule has 0 spiro atoms. The number of carbonyl (C=O) groups excluding carboxylic acids is 2. The lowest BCUT2D eigenvalue weighted by molar-refractivity contribution is -0.115. The maximum Gasteiger partial charge on any atom is 0.220 e. The van der Waals surface area contributed by atoms with Crippen LogP contribution in [-0.4, -0.2) is 22.7 Å². The second kappa shape index (κ2) is 5.99. The lowest BCUT2D eigenvalue weighted by Gasteiger charge is -2.56. The summed E-state index contributed by atoms with van der Waals surface area (Å²) in [7, 11) is 0. The molecule has 5 nitrogen and oxygen atoms in total. The molecule has 6 rings (SSSR count). The minimum Gasteiger partial charge on any atom is -0.509 e. The van der Waals surface area contributed by atoms with Crippen LogP contribution in [0.3, 0.4) is 0 Å². The van der Waals surface area contributed by atoms with Crippen molar-refractivity contribution in [1.29, 1.82) is 0 Å². The van der Waals surface area contributed by atoms with Crippen LogP contribution >= 0.6 is 11.6 Å².